The van der Waals surface area contributed by atoms with Crippen LogP contribution in [0.4, 0.5) is 0 Å². The number of phenols is 1. The molecule has 1 aromatic carbocycles. The van der Waals surface area contributed by atoms with Crippen molar-refractivity contribution in [3.05, 3.63) is 29.8 Å². The van der Waals surface area contributed by atoms with Crippen molar-refractivity contribution >= 4 is 0 Å². The van der Waals surface area contributed by atoms with Crippen LogP contribution >= 0.6 is 0 Å². The second kappa shape index (κ2) is 5.98. The SMILES string of the molecule is CC(C)C1CN(Cc2ccc(O)cc2)C2(CCCC2)CN1. The molecule has 2 fully saturated rings. The maximum absolute atomic E-state index is 9.46. The molecule has 1 aliphatic carbocycles. The Morgan fingerprint density at radius 3 is 2.52 bits per heavy atom. The first kappa shape index (κ1) is 14.9. The van der Waals surface area contributed by atoms with E-state index < -0.39 is 0 Å². The van der Waals surface area contributed by atoms with Crippen LogP contribution in [0, 0.1) is 5.92 Å². The Morgan fingerprint density at radius 1 is 1.24 bits per heavy atom. The van der Waals surface area contributed by atoms with E-state index in [9.17, 15) is 5.11 Å². The lowest BCUT2D eigenvalue weighted by Crippen LogP contribution is -2.64. The second-order valence-corrected chi connectivity index (χ2v) is 7.21. The molecule has 1 aliphatic heterocycles. The van der Waals surface area contributed by atoms with Gasteiger partial charge in [0.25, 0.3) is 0 Å². The van der Waals surface area contributed by atoms with Crippen molar-refractivity contribution in [1.82, 2.24) is 10.2 Å². The number of nitrogens with zero attached hydrogens (tertiary/aromatic N) is 1. The molecule has 2 N–H and O–H groups in total. The van der Waals surface area contributed by atoms with E-state index in [-0.39, 0.29) is 0 Å². The molecule has 1 unspecified atom stereocenters. The van der Waals surface area contributed by atoms with Gasteiger partial charge in [-0.2, -0.15) is 0 Å². The highest BCUT2D eigenvalue weighted by Gasteiger charge is 2.43. The zero-order chi connectivity index (χ0) is 14.9. The van der Waals surface area contributed by atoms with E-state index in [0.29, 0.717) is 23.2 Å². The first-order chi connectivity index (χ1) is 10.1. The average Bonchev–Trinajstić information content (AvgIpc) is 2.93. The van der Waals surface area contributed by atoms with Gasteiger partial charge in [-0.1, -0.05) is 38.8 Å². The molecule has 3 rings (SSSR count). The van der Waals surface area contributed by atoms with Crippen molar-refractivity contribution in [3.8, 4) is 5.75 Å². The first-order valence-corrected chi connectivity index (χ1v) is 8.35. The highest BCUT2D eigenvalue weighted by molar-refractivity contribution is 5.26. The third-order valence-electron chi connectivity index (χ3n) is 5.43. The molecule has 1 aromatic rings. The summed E-state index contributed by atoms with van der Waals surface area (Å²) >= 11 is 0. The van der Waals surface area contributed by atoms with Crippen molar-refractivity contribution in [1.29, 1.82) is 0 Å². The van der Waals surface area contributed by atoms with E-state index in [2.05, 4.69) is 36.2 Å². The van der Waals surface area contributed by atoms with Crippen LogP contribution in [0.2, 0.25) is 0 Å². The quantitative estimate of drug-likeness (QED) is 0.897. The van der Waals surface area contributed by atoms with E-state index in [1.165, 1.54) is 31.2 Å². The molecule has 1 spiro atoms. The smallest absolute Gasteiger partial charge is 0.115 e. The predicted molar refractivity (Wildman–Crippen MR) is 86.3 cm³/mol. The van der Waals surface area contributed by atoms with Gasteiger partial charge in [-0.25, -0.2) is 0 Å². The Balaban J connectivity index is 1.78. The van der Waals surface area contributed by atoms with Gasteiger partial charge >= 0.3 is 0 Å². The fourth-order valence-corrected chi connectivity index (χ4v) is 3.96. The molecule has 1 atom stereocenters. The highest BCUT2D eigenvalue weighted by atomic mass is 16.3. The zero-order valence-corrected chi connectivity index (χ0v) is 13.3. The molecule has 3 heteroatoms. The number of hydrogen-bond acceptors (Lipinski definition) is 3. The Labute approximate surface area is 128 Å². The summed E-state index contributed by atoms with van der Waals surface area (Å²) in [5.74, 6) is 1.03. The zero-order valence-electron chi connectivity index (χ0n) is 13.3. The highest BCUT2D eigenvalue weighted by Crippen LogP contribution is 2.38. The lowest BCUT2D eigenvalue weighted by Gasteiger charge is -2.49. The average molecular weight is 288 g/mol. The van der Waals surface area contributed by atoms with E-state index in [4.69, 9.17) is 0 Å². The van der Waals surface area contributed by atoms with Crippen LogP contribution in [0.1, 0.15) is 45.1 Å². The molecule has 3 nitrogen and oxygen atoms in total. The summed E-state index contributed by atoms with van der Waals surface area (Å²) in [7, 11) is 0. The molecule has 0 amide bonds. The summed E-state index contributed by atoms with van der Waals surface area (Å²) in [6.07, 6.45) is 5.37. The summed E-state index contributed by atoms with van der Waals surface area (Å²) in [6.45, 7) is 7.89. The lowest BCUT2D eigenvalue weighted by molar-refractivity contribution is 0.0261. The van der Waals surface area contributed by atoms with Gasteiger partial charge < -0.3 is 10.4 Å². The summed E-state index contributed by atoms with van der Waals surface area (Å²) in [4.78, 5) is 2.72. The normalized spacial score (nSPS) is 25.8. The third-order valence-corrected chi connectivity index (χ3v) is 5.43. The van der Waals surface area contributed by atoms with Crippen LogP contribution in [0.3, 0.4) is 0 Å². The Hall–Kier alpha value is -1.06. The van der Waals surface area contributed by atoms with Crippen LogP contribution in [-0.4, -0.2) is 34.7 Å². The minimum atomic E-state index is 0.356. The summed E-state index contributed by atoms with van der Waals surface area (Å²) in [6, 6.07) is 8.32. The fraction of sp³-hybridized carbons (Fsp3) is 0.667. The standard InChI is InChI=1S/C18H28N2O/c1-14(2)17-12-20(11-15-5-7-16(21)8-6-15)18(13-19-17)9-3-4-10-18/h5-8,14,17,19,21H,3-4,9-13H2,1-2H3. The molecule has 0 aromatic heterocycles. The van der Waals surface area contributed by atoms with Gasteiger partial charge in [0.1, 0.15) is 5.75 Å². The van der Waals surface area contributed by atoms with E-state index in [1.807, 2.05) is 0 Å². The molecular weight excluding hydrogens is 260 g/mol. The minimum absolute atomic E-state index is 0.356. The minimum Gasteiger partial charge on any atom is -0.508 e. The third kappa shape index (κ3) is 3.09. The number of hydrogen-bond donors (Lipinski definition) is 2. The van der Waals surface area contributed by atoms with E-state index in [1.54, 1.807) is 12.1 Å². The number of nitrogens with one attached hydrogen (secondary N) is 1. The number of rotatable bonds is 3. The van der Waals surface area contributed by atoms with E-state index in [0.717, 1.165) is 19.6 Å². The summed E-state index contributed by atoms with van der Waals surface area (Å²) < 4.78 is 0. The number of benzene rings is 1. The van der Waals surface area contributed by atoms with Gasteiger partial charge in [0.15, 0.2) is 0 Å². The lowest BCUT2D eigenvalue weighted by atomic mass is 9.88. The first-order valence-electron chi connectivity index (χ1n) is 8.35. The molecule has 116 valence electrons. The summed E-state index contributed by atoms with van der Waals surface area (Å²) in [5, 5.41) is 13.3. The number of piperazine rings is 1. The number of phenolic OH excluding ortho intramolecular Hbond substituents is 1. The van der Waals surface area contributed by atoms with Crippen molar-refractivity contribution in [2.75, 3.05) is 13.1 Å². The molecule has 0 bridgehead atoms. The van der Waals surface area contributed by atoms with Gasteiger partial charge in [0.2, 0.25) is 0 Å². The molecule has 0 radical (unpaired) electrons. The van der Waals surface area contributed by atoms with Gasteiger partial charge in [0.05, 0.1) is 0 Å². The van der Waals surface area contributed by atoms with Crippen LogP contribution in [0.5, 0.6) is 5.75 Å². The largest absolute Gasteiger partial charge is 0.508 e. The second-order valence-electron chi connectivity index (χ2n) is 7.21. The molecule has 21 heavy (non-hydrogen) atoms. The molecular formula is C18H28N2O. The maximum atomic E-state index is 9.46. The summed E-state index contributed by atoms with van der Waals surface area (Å²) in [5.41, 5.74) is 1.67. The Morgan fingerprint density at radius 2 is 1.90 bits per heavy atom. The molecule has 1 heterocycles. The van der Waals surface area contributed by atoms with Crippen LogP contribution in [-0.2, 0) is 6.54 Å². The van der Waals surface area contributed by atoms with Gasteiger partial charge in [0, 0.05) is 31.2 Å². The van der Waals surface area contributed by atoms with Gasteiger partial charge in [-0.15, -0.1) is 0 Å². The van der Waals surface area contributed by atoms with Crippen molar-refractivity contribution in [2.45, 2.75) is 57.7 Å². The van der Waals surface area contributed by atoms with Crippen molar-refractivity contribution < 1.29 is 5.11 Å². The van der Waals surface area contributed by atoms with E-state index >= 15 is 0 Å². The maximum Gasteiger partial charge on any atom is 0.115 e. The molecule has 1 saturated heterocycles. The Bertz CT molecular complexity index is 463. The monoisotopic (exact) mass is 288 g/mol. The predicted octanol–water partition coefficient (Wildman–Crippen LogP) is 3.13. The van der Waals surface area contributed by atoms with Gasteiger partial charge in [-0.3, -0.25) is 4.90 Å². The molecule has 1 saturated carbocycles. The van der Waals surface area contributed by atoms with Gasteiger partial charge in [-0.05, 0) is 36.5 Å². The molecule has 2 aliphatic rings. The van der Waals surface area contributed by atoms with Crippen LogP contribution in [0.25, 0.3) is 0 Å². The van der Waals surface area contributed by atoms with Crippen LogP contribution < -0.4 is 5.32 Å². The van der Waals surface area contributed by atoms with Crippen molar-refractivity contribution in [2.24, 2.45) is 5.92 Å². The topological polar surface area (TPSA) is 35.5 Å². The van der Waals surface area contributed by atoms with Crippen molar-refractivity contribution in [3.63, 3.8) is 0 Å². The van der Waals surface area contributed by atoms with Crippen LogP contribution in [0.15, 0.2) is 24.3 Å². The number of aromatic hydroxyl groups is 1. The Kier molecular flexibility index (Phi) is 4.23. The fourth-order valence-electron chi connectivity index (χ4n) is 3.96.